The molecule has 160 valence electrons. The van der Waals surface area contributed by atoms with Gasteiger partial charge in [-0.3, -0.25) is 4.98 Å². The van der Waals surface area contributed by atoms with Crippen LogP contribution in [0.5, 0.6) is 0 Å². The van der Waals surface area contributed by atoms with Gasteiger partial charge in [0.2, 0.25) is 0 Å². The lowest BCUT2D eigenvalue weighted by atomic mass is 9.87. The van der Waals surface area contributed by atoms with Crippen molar-refractivity contribution in [2.24, 2.45) is 0 Å². The predicted octanol–water partition coefficient (Wildman–Crippen LogP) is 8.20. The van der Waals surface area contributed by atoms with Gasteiger partial charge in [0.15, 0.2) is 0 Å². The monoisotopic (exact) mass is 427 g/mol. The first-order chi connectivity index (χ1) is 15.2. The quantitative estimate of drug-likeness (QED) is 0.284. The van der Waals surface area contributed by atoms with E-state index in [1.165, 1.54) is 24.6 Å². The number of aromatic nitrogens is 1. The Kier molecular flexibility index (Phi) is 4.63. The molecule has 32 heavy (non-hydrogen) atoms. The summed E-state index contributed by atoms with van der Waals surface area (Å²) in [5.74, 6) is -1.12. The van der Waals surface area contributed by atoms with Gasteiger partial charge in [0, 0.05) is 28.1 Å². The van der Waals surface area contributed by atoms with Crippen LogP contribution in [0.2, 0.25) is 0 Å². The van der Waals surface area contributed by atoms with E-state index in [4.69, 9.17) is 4.42 Å². The van der Waals surface area contributed by atoms with Crippen molar-refractivity contribution >= 4 is 21.9 Å². The van der Waals surface area contributed by atoms with Crippen LogP contribution in [0.1, 0.15) is 31.9 Å². The smallest absolute Gasteiger partial charge is 0.144 e. The molecule has 3 aromatic carbocycles. The Morgan fingerprint density at radius 1 is 0.812 bits per heavy atom. The molecule has 0 bridgehead atoms. The van der Waals surface area contributed by atoms with Gasteiger partial charge in [-0.1, -0.05) is 39.0 Å². The number of fused-ring (bicyclic) bond motifs is 3. The molecule has 0 N–H and O–H groups in total. The van der Waals surface area contributed by atoms with Gasteiger partial charge in [-0.25, -0.2) is 8.78 Å². The third kappa shape index (κ3) is 3.36. The van der Waals surface area contributed by atoms with Gasteiger partial charge in [0.25, 0.3) is 0 Å². The summed E-state index contributed by atoms with van der Waals surface area (Å²) in [6, 6.07) is 18.5. The Morgan fingerprint density at radius 3 is 2.28 bits per heavy atom. The molecule has 2 heterocycles. The Hall–Kier alpha value is -3.53. The molecule has 0 radical (unpaired) electrons. The highest BCUT2D eigenvalue weighted by atomic mass is 19.1. The largest absolute Gasteiger partial charge is 0.455 e. The molecule has 0 atom stereocenters. The van der Waals surface area contributed by atoms with Crippen molar-refractivity contribution in [2.45, 2.75) is 33.1 Å². The van der Waals surface area contributed by atoms with Crippen molar-refractivity contribution in [3.05, 3.63) is 89.6 Å². The lowest BCUT2D eigenvalue weighted by Crippen LogP contribution is -2.11. The van der Waals surface area contributed by atoms with Crippen molar-refractivity contribution in [3.8, 4) is 22.4 Å². The van der Waals surface area contributed by atoms with Crippen molar-refractivity contribution in [1.82, 2.24) is 4.98 Å². The fourth-order valence-electron chi connectivity index (χ4n) is 4.04. The molecule has 4 heteroatoms. The number of para-hydroxylation sites is 1. The molecule has 0 aliphatic rings. The Bertz CT molecular complexity index is 1470. The van der Waals surface area contributed by atoms with Crippen molar-refractivity contribution in [3.63, 3.8) is 0 Å². The van der Waals surface area contributed by atoms with Gasteiger partial charge < -0.3 is 4.42 Å². The SMILES string of the molecule is Cc1c(F)cc(-c2ccc3c(c2)oc2c(-c4cc(C(C)(C)C)ccn4)cccc23)cc1F. The number of furan rings is 1. The molecular weight excluding hydrogens is 404 g/mol. The van der Waals surface area contributed by atoms with E-state index in [0.29, 0.717) is 16.7 Å². The van der Waals surface area contributed by atoms with Crippen LogP contribution < -0.4 is 0 Å². The van der Waals surface area contributed by atoms with E-state index in [0.717, 1.165) is 27.6 Å². The fourth-order valence-corrected chi connectivity index (χ4v) is 4.04. The number of hydrogen-bond acceptors (Lipinski definition) is 2. The van der Waals surface area contributed by atoms with E-state index in [2.05, 4.69) is 31.8 Å². The van der Waals surface area contributed by atoms with Crippen LogP contribution in [0.25, 0.3) is 44.3 Å². The van der Waals surface area contributed by atoms with Crippen LogP contribution in [0, 0.1) is 18.6 Å². The van der Waals surface area contributed by atoms with Crippen molar-refractivity contribution in [2.75, 3.05) is 0 Å². The van der Waals surface area contributed by atoms with Gasteiger partial charge >= 0.3 is 0 Å². The van der Waals surface area contributed by atoms with Crippen LogP contribution in [0.4, 0.5) is 8.78 Å². The molecule has 5 rings (SSSR count). The number of hydrogen-bond donors (Lipinski definition) is 0. The zero-order chi connectivity index (χ0) is 22.6. The van der Waals surface area contributed by atoms with Crippen LogP contribution in [0.15, 0.2) is 71.3 Å². The van der Waals surface area contributed by atoms with Crippen LogP contribution >= 0.6 is 0 Å². The molecule has 0 aliphatic heterocycles. The predicted molar refractivity (Wildman–Crippen MR) is 126 cm³/mol. The molecule has 2 aromatic heterocycles. The maximum Gasteiger partial charge on any atom is 0.144 e. The number of halogens is 2. The van der Waals surface area contributed by atoms with E-state index in [-0.39, 0.29) is 11.0 Å². The van der Waals surface area contributed by atoms with E-state index in [1.807, 2.05) is 48.7 Å². The Morgan fingerprint density at radius 2 is 1.56 bits per heavy atom. The topological polar surface area (TPSA) is 26.0 Å². The normalized spacial score (nSPS) is 12.1. The summed E-state index contributed by atoms with van der Waals surface area (Å²) in [5, 5.41) is 1.93. The minimum absolute atomic E-state index is 0.00690. The lowest BCUT2D eigenvalue weighted by molar-refractivity contribution is 0.569. The molecule has 0 spiro atoms. The highest BCUT2D eigenvalue weighted by Crippen LogP contribution is 2.38. The van der Waals surface area contributed by atoms with E-state index < -0.39 is 11.6 Å². The van der Waals surface area contributed by atoms with Gasteiger partial charge in [0.05, 0.1) is 5.69 Å². The minimum atomic E-state index is -0.559. The van der Waals surface area contributed by atoms with Gasteiger partial charge in [0.1, 0.15) is 22.8 Å². The molecule has 2 nitrogen and oxygen atoms in total. The first-order valence-electron chi connectivity index (χ1n) is 10.6. The molecular formula is C28H23F2NO. The standard InChI is InChI=1S/C28H23F2NO/c1-16-23(29)12-18(13-24(16)30)17-8-9-20-21-6-5-7-22(27(21)32-26(20)14-17)25-15-19(10-11-31-25)28(2,3)4/h5-15H,1-4H3. The minimum Gasteiger partial charge on any atom is -0.455 e. The van der Waals surface area contributed by atoms with Gasteiger partial charge in [-0.05, 0) is 71.5 Å². The second-order valence-electron chi connectivity index (χ2n) is 9.24. The molecule has 0 aliphatic carbocycles. The summed E-state index contributed by atoms with van der Waals surface area (Å²) in [7, 11) is 0. The third-order valence-electron chi connectivity index (χ3n) is 6.02. The van der Waals surface area contributed by atoms with E-state index in [9.17, 15) is 8.78 Å². The zero-order valence-electron chi connectivity index (χ0n) is 18.5. The summed E-state index contributed by atoms with van der Waals surface area (Å²) in [6.07, 6.45) is 1.83. The number of rotatable bonds is 2. The average molecular weight is 427 g/mol. The average Bonchev–Trinajstić information content (AvgIpc) is 3.14. The number of benzene rings is 3. The summed E-state index contributed by atoms with van der Waals surface area (Å²) < 4.78 is 34.5. The maximum atomic E-state index is 14.1. The molecule has 0 saturated heterocycles. The summed E-state index contributed by atoms with van der Waals surface area (Å²) >= 11 is 0. The van der Waals surface area contributed by atoms with E-state index in [1.54, 1.807) is 0 Å². The van der Waals surface area contributed by atoms with E-state index >= 15 is 0 Å². The van der Waals surface area contributed by atoms with Crippen LogP contribution in [-0.2, 0) is 5.41 Å². The second-order valence-corrected chi connectivity index (χ2v) is 9.24. The molecule has 0 amide bonds. The molecule has 5 aromatic rings. The van der Waals surface area contributed by atoms with Gasteiger partial charge in [-0.15, -0.1) is 0 Å². The fraction of sp³-hybridized carbons (Fsp3) is 0.179. The lowest BCUT2D eigenvalue weighted by Gasteiger charge is -2.19. The Balaban J connectivity index is 1.68. The van der Waals surface area contributed by atoms with Crippen molar-refractivity contribution < 1.29 is 13.2 Å². The molecule has 0 unspecified atom stereocenters. The summed E-state index contributed by atoms with van der Waals surface area (Å²) in [5.41, 5.74) is 5.58. The number of nitrogens with zero attached hydrogens (tertiary/aromatic N) is 1. The highest BCUT2D eigenvalue weighted by Gasteiger charge is 2.18. The zero-order valence-corrected chi connectivity index (χ0v) is 18.5. The number of pyridine rings is 1. The molecule has 0 fully saturated rings. The maximum absolute atomic E-state index is 14.1. The summed E-state index contributed by atoms with van der Waals surface area (Å²) in [4.78, 5) is 4.59. The molecule has 0 saturated carbocycles. The summed E-state index contributed by atoms with van der Waals surface area (Å²) in [6.45, 7) is 7.95. The first-order valence-corrected chi connectivity index (χ1v) is 10.6. The Labute approximate surface area is 185 Å². The van der Waals surface area contributed by atoms with Crippen molar-refractivity contribution in [1.29, 1.82) is 0 Å². The third-order valence-corrected chi connectivity index (χ3v) is 6.02. The highest BCUT2D eigenvalue weighted by molar-refractivity contribution is 6.10. The van der Waals surface area contributed by atoms with Gasteiger partial charge in [-0.2, -0.15) is 0 Å². The van der Waals surface area contributed by atoms with Crippen LogP contribution in [0.3, 0.4) is 0 Å². The first kappa shape index (κ1) is 20.4. The van der Waals surface area contributed by atoms with Crippen LogP contribution in [-0.4, -0.2) is 4.98 Å². The second kappa shape index (κ2) is 7.27.